The maximum Gasteiger partial charge on any atom is 0.116 e. The van der Waals surface area contributed by atoms with Gasteiger partial charge in [0.15, 0.2) is 0 Å². The summed E-state index contributed by atoms with van der Waals surface area (Å²) in [6, 6.07) is 0. The first-order chi connectivity index (χ1) is 11.5. The first-order valence-corrected chi connectivity index (χ1v) is 9.62. The van der Waals surface area contributed by atoms with E-state index in [-0.39, 0.29) is 18.3 Å². The Kier molecular flexibility index (Phi) is 4.87. The lowest BCUT2D eigenvalue weighted by atomic mass is 9.60. The number of hydrogen-bond donors (Lipinski definition) is 4. The second kappa shape index (κ2) is 6.31. The van der Waals surface area contributed by atoms with Gasteiger partial charge in [0.2, 0.25) is 0 Å². The molecule has 144 valence electrons. The summed E-state index contributed by atoms with van der Waals surface area (Å²) >= 11 is 0. The highest BCUT2D eigenvalue weighted by atomic mass is 16.5. The minimum Gasteiger partial charge on any atom is -0.390 e. The number of fused-ring (bicyclic) bond motifs is 5. The van der Waals surface area contributed by atoms with Crippen molar-refractivity contribution in [3.8, 4) is 0 Å². The fourth-order valence-corrected chi connectivity index (χ4v) is 5.46. The molecule has 2 saturated heterocycles. The maximum atomic E-state index is 11.2. The Bertz CT molecular complexity index is 526. The smallest absolute Gasteiger partial charge is 0.116 e. The molecule has 1 aliphatic carbocycles. The highest BCUT2D eigenvalue weighted by Crippen LogP contribution is 2.55. The average Bonchev–Trinajstić information content (AvgIpc) is 2.93. The molecule has 5 heteroatoms. The van der Waals surface area contributed by atoms with Crippen molar-refractivity contribution in [1.82, 2.24) is 0 Å². The Morgan fingerprint density at radius 1 is 1.16 bits per heavy atom. The van der Waals surface area contributed by atoms with Gasteiger partial charge in [-0.2, -0.15) is 0 Å². The second-order valence-corrected chi connectivity index (χ2v) is 9.31. The predicted octanol–water partition coefficient (Wildman–Crippen LogP) is 1.63. The molecule has 0 spiro atoms. The third-order valence-electron chi connectivity index (χ3n) is 7.16. The molecule has 4 N–H and O–H groups in total. The molecule has 2 heterocycles. The van der Waals surface area contributed by atoms with Crippen molar-refractivity contribution in [3.05, 3.63) is 12.2 Å². The van der Waals surface area contributed by atoms with Crippen molar-refractivity contribution in [2.24, 2.45) is 23.7 Å². The van der Waals surface area contributed by atoms with E-state index in [0.29, 0.717) is 18.3 Å². The lowest BCUT2D eigenvalue weighted by Gasteiger charge is -2.45. The molecule has 0 radical (unpaired) electrons. The van der Waals surface area contributed by atoms with E-state index in [4.69, 9.17) is 4.74 Å². The molecule has 3 aliphatic rings. The Morgan fingerprint density at radius 3 is 2.40 bits per heavy atom. The fraction of sp³-hybridized carbons (Fsp3) is 0.900. The van der Waals surface area contributed by atoms with E-state index < -0.39 is 35.6 Å². The van der Waals surface area contributed by atoms with Crippen molar-refractivity contribution < 1.29 is 25.2 Å². The molecule has 1 saturated carbocycles. The molecule has 2 bridgehead atoms. The summed E-state index contributed by atoms with van der Waals surface area (Å²) in [6.07, 6.45) is -1.01. The van der Waals surface area contributed by atoms with Crippen LogP contribution in [-0.2, 0) is 4.74 Å². The summed E-state index contributed by atoms with van der Waals surface area (Å²) in [6.45, 7) is 11.8. The van der Waals surface area contributed by atoms with E-state index in [2.05, 4.69) is 20.4 Å². The summed E-state index contributed by atoms with van der Waals surface area (Å²) in [4.78, 5) is 0. The summed E-state index contributed by atoms with van der Waals surface area (Å²) in [5.74, 6) is 0.775. The van der Waals surface area contributed by atoms with Crippen LogP contribution in [0.2, 0.25) is 0 Å². The van der Waals surface area contributed by atoms with E-state index in [1.807, 2.05) is 0 Å². The van der Waals surface area contributed by atoms with Crippen LogP contribution in [0.25, 0.3) is 0 Å². The monoisotopic (exact) mass is 354 g/mol. The van der Waals surface area contributed by atoms with Crippen molar-refractivity contribution in [1.29, 1.82) is 0 Å². The van der Waals surface area contributed by atoms with Crippen LogP contribution < -0.4 is 0 Å². The van der Waals surface area contributed by atoms with E-state index >= 15 is 0 Å². The molecule has 0 unspecified atom stereocenters. The minimum atomic E-state index is -1.68. The first kappa shape index (κ1) is 19.3. The van der Waals surface area contributed by atoms with Gasteiger partial charge in [-0.15, -0.1) is 0 Å². The maximum absolute atomic E-state index is 11.2. The van der Waals surface area contributed by atoms with Gasteiger partial charge >= 0.3 is 0 Å². The van der Waals surface area contributed by atoms with E-state index in [1.165, 1.54) is 6.92 Å². The topological polar surface area (TPSA) is 90.2 Å². The van der Waals surface area contributed by atoms with Crippen LogP contribution in [0.5, 0.6) is 0 Å². The largest absolute Gasteiger partial charge is 0.390 e. The summed E-state index contributed by atoms with van der Waals surface area (Å²) in [5, 5.41) is 43.3. The third-order valence-corrected chi connectivity index (χ3v) is 7.16. The standard InChI is InChI=1S/C20H34O5/c1-10(2)12-7-6-11(3)14-15(12)18-19(4,23)9-8-13(21)20(5,24)17(22)16(14)25-18/h10,12-18,21-24H,3,6-9H2,1-2,4-5H3/t12-,13+,14+,15-,16+,17+,18-,19-,20-/m1/s1. The van der Waals surface area contributed by atoms with Crippen molar-refractivity contribution in [2.75, 3.05) is 0 Å². The molecule has 0 aromatic rings. The van der Waals surface area contributed by atoms with Crippen LogP contribution in [0.4, 0.5) is 0 Å². The summed E-state index contributed by atoms with van der Waals surface area (Å²) < 4.78 is 6.26. The number of rotatable bonds is 1. The minimum absolute atomic E-state index is 0.0712. The van der Waals surface area contributed by atoms with Crippen LogP contribution in [-0.4, -0.2) is 56.0 Å². The zero-order valence-electron chi connectivity index (χ0n) is 15.9. The van der Waals surface area contributed by atoms with Crippen LogP contribution >= 0.6 is 0 Å². The average molecular weight is 354 g/mol. The Morgan fingerprint density at radius 2 is 1.80 bits per heavy atom. The van der Waals surface area contributed by atoms with Gasteiger partial charge < -0.3 is 25.2 Å². The quantitative estimate of drug-likeness (QED) is 0.537. The molecule has 3 rings (SSSR count). The van der Waals surface area contributed by atoms with Gasteiger partial charge in [0.05, 0.1) is 23.9 Å². The van der Waals surface area contributed by atoms with Crippen LogP contribution in [0, 0.1) is 23.7 Å². The molecule has 0 amide bonds. The summed E-state index contributed by atoms with van der Waals surface area (Å²) in [7, 11) is 0. The van der Waals surface area contributed by atoms with Gasteiger partial charge in [-0.25, -0.2) is 0 Å². The molecular formula is C20H34O5. The molecule has 25 heavy (non-hydrogen) atoms. The highest BCUT2D eigenvalue weighted by Gasteiger charge is 2.61. The lowest BCUT2D eigenvalue weighted by Crippen LogP contribution is -2.57. The van der Waals surface area contributed by atoms with Crippen molar-refractivity contribution in [3.63, 3.8) is 0 Å². The molecule has 2 aliphatic heterocycles. The van der Waals surface area contributed by atoms with Crippen LogP contribution in [0.15, 0.2) is 12.2 Å². The fourth-order valence-electron chi connectivity index (χ4n) is 5.46. The van der Waals surface area contributed by atoms with Crippen molar-refractivity contribution >= 4 is 0 Å². The van der Waals surface area contributed by atoms with Crippen molar-refractivity contribution in [2.45, 2.75) is 89.0 Å². The summed E-state index contributed by atoms with van der Waals surface area (Å²) in [5.41, 5.74) is -1.78. The Hall–Kier alpha value is -0.460. The zero-order chi connectivity index (χ0) is 18.7. The highest BCUT2D eigenvalue weighted by molar-refractivity contribution is 5.20. The lowest BCUT2D eigenvalue weighted by molar-refractivity contribution is -0.180. The normalized spacial score (nSPS) is 54.0. The molecule has 9 atom stereocenters. The molecule has 0 aromatic carbocycles. The first-order valence-electron chi connectivity index (χ1n) is 9.62. The van der Waals surface area contributed by atoms with Crippen LogP contribution in [0.1, 0.15) is 53.4 Å². The van der Waals surface area contributed by atoms with Crippen LogP contribution in [0.3, 0.4) is 0 Å². The molecule has 5 nitrogen and oxygen atoms in total. The molecular weight excluding hydrogens is 320 g/mol. The molecule has 3 fully saturated rings. The number of hydrogen-bond acceptors (Lipinski definition) is 5. The van der Waals surface area contributed by atoms with E-state index in [9.17, 15) is 20.4 Å². The van der Waals surface area contributed by atoms with Gasteiger partial charge in [-0.3, -0.25) is 0 Å². The van der Waals surface area contributed by atoms with Gasteiger partial charge in [0, 0.05) is 11.8 Å². The second-order valence-electron chi connectivity index (χ2n) is 9.31. The van der Waals surface area contributed by atoms with Gasteiger partial charge in [-0.1, -0.05) is 26.0 Å². The number of ether oxygens (including phenoxy) is 1. The zero-order valence-corrected chi connectivity index (χ0v) is 15.9. The van der Waals surface area contributed by atoms with Gasteiger partial charge in [0.25, 0.3) is 0 Å². The van der Waals surface area contributed by atoms with E-state index in [0.717, 1.165) is 18.4 Å². The van der Waals surface area contributed by atoms with E-state index in [1.54, 1.807) is 6.92 Å². The Balaban J connectivity index is 2.08. The predicted molar refractivity (Wildman–Crippen MR) is 94.8 cm³/mol. The van der Waals surface area contributed by atoms with Gasteiger partial charge in [0.1, 0.15) is 11.7 Å². The third kappa shape index (κ3) is 2.98. The van der Waals surface area contributed by atoms with Gasteiger partial charge in [-0.05, 0) is 51.4 Å². The molecule has 0 aromatic heterocycles. The Labute approximate surface area is 150 Å². The number of aliphatic hydroxyl groups excluding tert-OH is 2. The number of aliphatic hydroxyl groups is 4. The SMILES string of the molecule is C=C1CC[C@H](C(C)C)[C@@H]2[C@H]1[C@@H]1O[C@H]2[C@](C)(O)CC[C@H](O)[C@@](C)(O)[C@H]1O.